The number of nitrogens with one attached hydrogen (secondary N) is 1. The van der Waals surface area contributed by atoms with Crippen LogP contribution in [-0.2, 0) is 4.79 Å². The summed E-state index contributed by atoms with van der Waals surface area (Å²) < 4.78 is 5.52. The molecule has 0 unspecified atom stereocenters. The van der Waals surface area contributed by atoms with Crippen LogP contribution in [-0.4, -0.2) is 23.4 Å². The van der Waals surface area contributed by atoms with E-state index in [-0.39, 0.29) is 23.9 Å². The van der Waals surface area contributed by atoms with Crippen molar-refractivity contribution in [2.24, 2.45) is 5.73 Å². The van der Waals surface area contributed by atoms with Crippen molar-refractivity contribution < 1.29 is 14.3 Å². The van der Waals surface area contributed by atoms with Crippen molar-refractivity contribution in [2.45, 2.75) is 6.42 Å². The van der Waals surface area contributed by atoms with Gasteiger partial charge in [-0.3, -0.25) is 9.59 Å². The first-order valence-electron chi connectivity index (χ1n) is 7.91. The van der Waals surface area contributed by atoms with Gasteiger partial charge in [0.25, 0.3) is 5.91 Å². The Hall–Kier alpha value is -3.12. The molecular weight excluding hydrogens is 354 g/mol. The van der Waals surface area contributed by atoms with E-state index in [2.05, 4.69) is 10.3 Å². The van der Waals surface area contributed by atoms with Crippen LogP contribution in [0, 0.1) is 0 Å². The van der Waals surface area contributed by atoms with Crippen LogP contribution in [0.3, 0.4) is 0 Å². The van der Waals surface area contributed by atoms with E-state index >= 15 is 0 Å². The molecule has 0 radical (unpaired) electrons. The number of hydrogen-bond donors (Lipinski definition) is 2. The van der Waals surface area contributed by atoms with E-state index in [1.165, 1.54) is 0 Å². The second-order valence-corrected chi connectivity index (χ2v) is 5.89. The number of fused-ring (bicyclic) bond motifs is 1. The van der Waals surface area contributed by atoms with Gasteiger partial charge >= 0.3 is 0 Å². The van der Waals surface area contributed by atoms with Gasteiger partial charge in [0.1, 0.15) is 16.6 Å². The third kappa shape index (κ3) is 4.10. The van der Waals surface area contributed by atoms with Crippen molar-refractivity contribution in [1.29, 1.82) is 0 Å². The van der Waals surface area contributed by atoms with Gasteiger partial charge in [-0.2, -0.15) is 0 Å². The molecule has 0 saturated heterocycles. The van der Waals surface area contributed by atoms with Gasteiger partial charge < -0.3 is 15.8 Å². The highest BCUT2D eigenvalue weighted by atomic mass is 35.5. The number of nitrogens with zero attached hydrogens (tertiary/aromatic N) is 1. The molecule has 0 spiro atoms. The van der Waals surface area contributed by atoms with Crippen LogP contribution in [0.15, 0.2) is 54.6 Å². The van der Waals surface area contributed by atoms with E-state index in [4.69, 9.17) is 22.1 Å². The van der Waals surface area contributed by atoms with Crippen LogP contribution in [0.4, 0.5) is 5.69 Å². The lowest BCUT2D eigenvalue weighted by Crippen LogP contribution is -2.17. The van der Waals surface area contributed by atoms with Crippen molar-refractivity contribution in [2.75, 3.05) is 11.9 Å². The molecule has 0 fully saturated rings. The SMILES string of the molecule is NC(=O)CCOc1ccccc1NC(=O)c1cc2ccccc2c(Cl)n1. The molecule has 2 amide bonds. The molecule has 0 aliphatic heterocycles. The van der Waals surface area contributed by atoms with Gasteiger partial charge in [-0.05, 0) is 23.6 Å². The second-order valence-electron chi connectivity index (χ2n) is 5.53. The number of aromatic nitrogens is 1. The molecule has 0 aliphatic carbocycles. The zero-order valence-corrected chi connectivity index (χ0v) is 14.5. The number of primary amides is 1. The fraction of sp³-hybridized carbons (Fsp3) is 0.105. The van der Waals surface area contributed by atoms with Crippen LogP contribution in [0.1, 0.15) is 16.9 Å². The summed E-state index contributed by atoms with van der Waals surface area (Å²) in [6.07, 6.45) is 0.0874. The van der Waals surface area contributed by atoms with Crippen LogP contribution in [0.2, 0.25) is 5.15 Å². The van der Waals surface area contributed by atoms with E-state index in [0.29, 0.717) is 11.4 Å². The quantitative estimate of drug-likeness (QED) is 0.651. The molecule has 0 aliphatic rings. The minimum atomic E-state index is -0.457. The number of amides is 2. The number of carbonyl (C=O) groups is 2. The number of ether oxygens (including phenoxy) is 1. The van der Waals surface area contributed by atoms with Gasteiger partial charge in [0, 0.05) is 5.39 Å². The van der Waals surface area contributed by atoms with Gasteiger partial charge in [0.05, 0.1) is 18.7 Å². The van der Waals surface area contributed by atoms with E-state index in [9.17, 15) is 9.59 Å². The molecule has 3 rings (SSSR count). The Morgan fingerprint density at radius 3 is 2.65 bits per heavy atom. The van der Waals surface area contributed by atoms with Crippen molar-refractivity contribution in [3.05, 3.63) is 65.4 Å². The normalized spacial score (nSPS) is 10.5. The highest BCUT2D eigenvalue weighted by Gasteiger charge is 2.14. The third-order valence-corrected chi connectivity index (χ3v) is 3.96. The largest absolute Gasteiger partial charge is 0.491 e. The van der Waals surface area contributed by atoms with Crippen molar-refractivity contribution in [3.8, 4) is 5.75 Å². The zero-order chi connectivity index (χ0) is 18.5. The first-order chi connectivity index (χ1) is 12.5. The number of pyridine rings is 1. The molecule has 132 valence electrons. The Balaban J connectivity index is 1.81. The topological polar surface area (TPSA) is 94.3 Å². The maximum Gasteiger partial charge on any atom is 0.274 e. The Morgan fingerprint density at radius 1 is 1.12 bits per heavy atom. The molecule has 7 heteroatoms. The maximum absolute atomic E-state index is 12.6. The van der Waals surface area contributed by atoms with Crippen LogP contribution in [0.25, 0.3) is 10.8 Å². The summed E-state index contributed by atoms with van der Waals surface area (Å²) in [7, 11) is 0. The third-order valence-electron chi connectivity index (χ3n) is 3.67. The summed E-state index contributed by atoms with van der Waals surface area (Å²) in [6.45, 7) is 0.127. The van der Waals surface area contributed by atoms with Crippen molar-refractivity contribution in [3.63, 3.8) is 0 Å². The number of nitrogens with two attached hydrogens (primary N) is 1. The summed E-state index contributed by atoms with van der Waals surface area (Å²) in [6, 6.07) is 16.0. The number of halogens is 1. The molecule has 0 saturated carbocycles. The molecular formula is C19H16ClN3O3. The predicted molar refractivity (Wildman–Crippen MR) is 100 cm³/mol. The minimum absolute atomic E-state index is 0.0874. The monoisotopic (exact) mass is 369 g/mol. The van der Waals surface area contributed by atoms with E-state index in [0.717, 1.165) is 10.8 Å². The fourth-order valence-corrected chi connectivity index (χ4v) is 2.68. The first kappa shape index (κ1) is 17.7. The lowest BCUT2D eigenvalue weighted by molar-refractivity contribution is -0.118. The number of benzene rings is 2. The van der Waals surface area contributed by atoms with Crippen LogP contribution in [0.5, 0.6) is 5.75 Å². The van der Waals surface area contributed by atoms with E-state index in [1.807, 2.05) is 24.3 Å². The number of hydrogen-bond acceptors (Lipinski definition) is 4. The van der Waals surface area contributed by atoms with Gasteiger partial charge in [-0.25, -0.2) is 4.98 Å². The maximum atomic E-state index is 12.6. The van der Waals surface area contributed by atoms with E-state index in [1.54, 1.807) is 30.3 Å². The van der Waals surface area contributed by atoms with Gasteiger partial charge in [0.15, 0.2) is 0 Å². The Kier molecular flexibility index (Phi) is 5.34. The average molecular weight is 370 g/mol. The number of rotatable bonds is 6. The summed E-state index contributed by atoms with van der Waals surface area (Å²) in [5.74, 6) is -0.431. The highest BCUT2D eigenvalue weighted by Crippen LogP contribution is 2.26. The fourth-order valence-electron chi connectivity index (χ4n) is 2.42. The predicted octanol–water partition coefficient (Wildman–Crippen LogP) is 3.39. The van der Waals surface area contributed by atoms with Crippen molar-refractivity contribution in [1.82, 2.24) is 4.98 Å². The van der Waals surface area contributed by atoms with E-state index < -0.39 is 11.8 Å². The summed E-state index contributed by atoms with van der Waals surface area (Å²) in [5.41, 5.74) is 5.76. The second kappa shape index (κ2) is 7.84. The van der Waals surface area contributed by atoms with Gasteiger partial charge in [-0.15, -0.1) is 0 Å². The minimum Gasteiger partial charge on any atom is -0.491 e. The molecule has 2 aromatic carbocycles. The molecule has 1 heterocycles. The number of carbonyl (C=O) groups excluding carboxylic acids is 2. The zero-order valence-electron chi connectivity index (χ0n) is 13.7. The Bertz CT molecular complexity index is 975. The molecule has 3 N–H and O–H groups in total. The number of para-hydroxylation sites is 2. The summed E-state index contributed by atoms with van der Waals surface area (Å²) >= 11 is 6.18. The lowest BCUT2D eigenvalue weighted by atomic mass is 10.1. The first-order valence-corrected chi connectivity index (χ1v) is 8.29. The average Bonchev–Trinajstić information content (AvgIpc) is 2.63. The summed E-state index contributed by atoms with van der Waals surface area (Å²) in [4.78, 5) is 27.6. The van der Waals surface area contributed by atoms with Crippen LogP contribution < -0.4 is 15.8 Å². The molecule has 6 nitrogen and oxygen atoms in total. The molecule has 1 aromatic heterocycles. The van der Waals surface area contributed by atoms with Gasteiger partial charge in [-0.1, -0.05) is 48.0 Å². The van der Waals surface area contributed by atoms with Crippen molar-refractivity contribution >= 4 is 39.9 Å². The standard InChI is InChI=1S/C19H16ClN3O3/c20-18-13-6-2-1-5-12(13)11-15(22-18)19(25)23-14-7-3-4-8-16(14)26-10-9-17(21)24/h1-8,11H,9-10H2,(H2,21,24)(H,23,25). The highest BCUT2D eigenvalue weighted by molar-refractivity contribution is 6.34. The smallest absolute Gasteiger partial charge is 0.274 e. The Morgan fingerprint density at radius 2 is 1.85 bits per heavy atom. The Labute approximate surface area is 154 Å². The molecule has 26 heavy (non-hydrogen) atoms. The van der Waals surface area contributed by atoms with Crippen LogP contribution >= 0.6 is 11.6 Å². The number of anilines is 1. The molecule has 3 aromatic rings. The molecule has 0 bridgehead atoms. The molecule has 0 atom stereocenters. The summed E-state index contributed by atoms with van der Waals surface area (Å²) in [5, 5.41) is 4.62. The lowest BCUT2D eigenvalue weighted by Gasteiger charge is -2.12. The van der Waals surface area contributed by atoms with Gasteiger partial charge in [0.2, 0.25) is 5.91 Å².